The van der Waals surface area contributed by atoms with Gasteiger partial charge in [-0.25, -0.2) is 4.98 Å². The molecule has 2 aromatic carbocycles. The zero-order valence-corrected chi connectivity index (χ0v) is 18.7. The Labute approximate surface area is 194 Å². The fourth-order valence-electron chi connectivity index (χ4n) is 4.56. The van der Waals surface area contributed by atoms with Crippen LogP contribution in [-0.2, 0) is 11.0 Å². The standard InChI is InChI=1S/C25H25F3N4O2/c1-3-21(33)29-18-10-6-11-19(14-18)32-22-15(2)7-4-12-20(22)30-24(32)31-23(34)16-8-5-9-17(13-16)25(26,27)28/h3-5,7-9,12-13,18-19H,1,6,10-11,14H2,2H3,(H,29,33)(H,30,31,34)/t18-,19-/m1/s1. The lowest BCUT2D eigenvalue weighted by molar-refractivity contribution is -0.137. The number of hydrogen-bond acceptors (Lipinski definition) is 3. The summed E-state index contributed by atoms with van der Waals surface area (Å²) in [4.78, 5) is 29.4. The quantitative estimate of drug-likeness (QED) is 0.490. The van der Waals surface area contributed by atoms with Gasteiger partial charge in [-0.2, -0.15) is 13.2 Å². The summed E-state index contributed by atoms with van der Waals surface area (Å²) in [6.45, 7) is 5.44. The van der Waals surface area contributed by atoms with Gasteiger partial charge in [-0.3, -0.25) is 14.9 Å². The van der Waals surface area contributed by atoms with Gasteiger partial charge in [0.05, 0.1) is 16.6 Å². The molecule has 0 spiro atoms. The van der Waals surface area contributed by atoms with Crippen LogP contribution >= 0.6 is 0 Å². The molecule has 1 fully saturated rings. The number of rotatable bonds is 5. The Balaban J connectivity index is 1.69. The molecule has 1 aliphatic rings. The van der Waals surface area contributed by atoms with Gasteiger partial charge >= 0.3 is 6.18 Å². The minimum absolute atomic E-state index is 0.0577. The molecule has 2 N–H and O–H groups in total. The zero-order chi connectivity index (χ0) is 24.5. The van der Waals surface area contributed by atoms with Crippen LogP contribution in [0.25, 0.3) is 11.0 Å². The molecule has 4 rings (SSSR count). The number of carbonyl (C=O) groups is 2. The van der Waals surface area contributed by atoms with Crippen LogP contribution in [0.2, 0.25) is 0 Å². The Morgan fingerprint density at radius 2 is 1.94 bits per heavy atom. The molecule has 0 unspecified atom stereocenters. The number of hydrogen-bond donors (Lipinski definition) is 2. The molecule has 178 valence electrons. The van der Waals surface area contributed by atoms with Crippen molar-refractivity contribution in [3.05, 3.63) is 71.8 Å². The number of nitrogens with zero attached hydrogens (tertiary/aromatic N) is 2. The molecule has 1 aromatic heterocycles. The number of imidazole rings is 1. The van der Waals surface area contributed by atoms with Crippen LogP contribution in [-0.4, -0.2) is 27.4 Å². The van der Waals surface area contributed by atoms with Crippen molar-refractivity contribution in [2.45, 2.75) is 50.9 Å². The summed E-state index contributed by atoms with van der Waals surface area (Å²) in [6, 6.07) is 9.82. The monoisotopic (exact) mass is 470 g/mol. The van der Waals surface area contributed by atoms with Crippen molar-refractivity contribution in [3.63, 3.8) is 0 Å². The van der Waals surface area contributed by atoms with Crippen LogP contribution in [0.4, 0.5) is 19.1 Å². The molecule has 2 atom stereocenters. The summed E-state index contributed by atoms with van der Waals surface area (Å²) < 4.78 is 41.3. The van der Waals surface area contributed by atoms with Crippen molar-refractivity contribution in [3.8, 4) is 0 Å². The van der Waals surface area contributed by atoms with Crippen LogP contribution in [0.3, 0.4) is 0 Å². The number of carbonyl (C=O) groups excluding carboxylic acids is 2. The highest BCUT2D eigenvalue weighted by atomic mass is 19.4. The van der Waals surface area contributed by atoms with Crippen molar-refractivity contribution >= 4 is 28.8 Å². The molecule has 6 nitrogen and oxygen atoms in total. The van der Waals surface area contributed by atoms with Crippen LogP contribution in [0, 0.1) is 6.92 Å². The summed E-state index contributed by atoms with van der Waals surface area (Å²) >= 11 is 0. The van der Waals surface area contributed by atoms with E-state index >= 15 is 0 Å². The molecule has 0 aliphatic heterocycles. The van der Waals surface area contributed by atoms with Gasteiger partial charge in [0.25, 0.3) is 5.91 Å². The van der Waals surface area contributed by atoms with Crippen LogP contribution in [0.1, 0.15) is 53.2 Å². The number of aryl methyl sites for hydroxylation is 1. The third-order valence-electron chi connectivity index (χ3n) is 6.13. The maximum atomic E-state index is 13.1. The molecular weight excluding hydrogens is 445 g/mol. The van der Waals surface area contributed by atoms with E-state index in [9.17, 15) is 22.8 Å². The van der Waals surface area contributed by atoms with Crippen molar-refractivity contribution in [1.29, 1.82) is 0 Å². The number of fused-ring (bicyclic) bond motifs is 1. The SMILES string of the molecule is C=CC(=O)N[C@@H]1CCC[C@@H](n2c(NC(=O)c3cccc(C(F)(F)F)c3)nc3cccc(C)c32)C1. The number of alkyl halides is 3. The van der Waals surface area contributed by atoms with Crippen molar-refractivity contribution < 1.29 is 22.8 Å². The lowest BCUT2D eigenvalue weighted by Crippen LogP contribution is -2.38. The average Bonchev–Trinajstić information content (AvgIpc) is 3.18. The minimum Gasteiger partial charge on any atom is -0.350 e. The molecule has 1 saturated carbocycles. The van der Waals surface area contributed by atoms with Crippen molar-refractivity contribution in [2.75, 3.05) is 5.32 Å². The van der Waals surface area contributed by atoms with Gasteiger partial charge < -0.3 is 9.88 Å². The smallest absolute Gasteiger partial charge is 0.350 e. The third kappa shape index (κ3) is 4.83. The molecule has 3 aromatic rings. The summed E-state index contributed by atoms with van der Waals surface area (Å²) in [5.74, 6) is -0.643. The molecule has 2 amide bonds. The first-order chi connectivity index (χ1) is 16.2. The zero-order valence-electron chi connectivity index (χ0n) is 18.7. The van der Waals surface area contributed by atoms with E-state index in [2.05, 4.69) is 22.2 Å². The topological polar surface area (TPSA) is 76.0 Å². The van der Waals surface area contributed by atoms with Crippen LogP contribution in [0.5, 0.6) is 0 Å². The lowest BCUT2D eigenvalue weighted by atomic mass is 9.90. The highest BCUT2D eigenvalue weighted by molar-refractivity contribution is 6.04. The van der Waals surface area contributed by atoms with E-state index in [0.29, 0.717) is 11.9 Å². The molecule has 0 bridgehead atoms. The van der Waals surface area contributed by atoms with Crippen LogP contribution in [0.15, 0.2) is 55.1 Å². The Morgan fingerprint density at radius 3 is 2.68 bits per heavy atom. The number of anilines is 1. The maximum absolute atomic E-state index is 13.1. The molecule has 34 heavy (non-hydrogen) atoms. The summed E-state index contributed by atoms with van der Waals surface area (Å²) in [5.41, 5.74) is 1.49. The van der Waals surface area contributed by atoms with Crippen molar-refractivity contribution in [2.24, 2.45) is 0 Å². The Kier molecular flexibility index (Phi) is 6.45. The van der Waals surface area contributed by atoms with E-state index < -0.39 is 17.6 Å². The van der Waals surface area contributed by atoms with Gasteiger partial charge in [0, 0.05) is 17.6 Å². The maximum Gasteiger partial charge on any atom is 0.416 e. The summed E-state index contributed by atoms with van der Waals surface area (Å²) in [6.07, 6.45) is -0.181. The normalized spacial score (nSPS) is 18.5. The van der Waals surface area contributed by atoms with Gasteiger partial charge in [0.15, 0.2) is 0 Å². The van der Waals surface area contributed by atoms with Gasteiger partial charge in [0.2, 0.25) is 11.9 Å². The number of amides is 2. The fourth-order valence-corrected chi connectivity index (χ4v) is 4.56. The largest absolute Gasteiger partial charge is 0.416 e. The first-order valence-electron chi connectivity index (χ1n) is 11.1. The molecule has 0 radical (unpaired) electrons. The number of para-hydroxylation sites is 1. The van der Waals surface area contributed by atoms with E-state index in [1.807, 2.05) is 29.7 Å². The van der Waals surface area contributed by atoms with E-state index in [4.69, 9.17) is 0 Å². The molecule has 9 heteroatoms. The van der Waals surface area contributed by atoms with Gasteiger partial charge in [-0.15, -0.1) is 0 Å². The highest BCUT2D eigenvalue weighted by Gasteiger charge is 2.32. The first kappa shape index (κ1) is 23.5. The van der Waals surface area contributed by atoms with E-state index in [0.717, 1.165) is 42.5 Å². The van der Waals surface area contributed by atoms with Crippen LogP contribution < -0.4 is 10.6 Å². The third-order valence-corrected chi connectivity index (χ3v) is 6.13. The second kappa shape index (κ2) is 9.32. The van der Waals surface area contributed by atoms with E-state index in [1.165, 1.54) is 18.2 Å². The average molecular weight is 470 g/mol. The number of aromatic nitrogens is 2. The number of nitrogens with one attached hydrogen (secondary N) is 2. The molecular formula is C25H25F3N4O2. The van der Waals surface area contributed by atoms with E-state index in [-0.39, 0.29) is 29.5 Å². The summed E-state index contributed by atoms with van der Waals surface area (Å²) in [7, 11) is 0. The predicted octanol–water partition coefficient (Wildman–Crippen LogP) is 5.40. The van der Waals surface area contributed by atoms with Gasteiger partial charge in [-0.1, -0.05) is 24.8 Å². The fraction of sp³-hybridized carbons (Fsp3) is 0.320. The minimum atomic E-state index is -4.55. The Hall–Kier alpha value is -3.62. The first-order valence-corrected chi connectivity index (χ1v) is 11.1. The molecule has 0 saturated heterocycles. The Morgan fingerprint density at radius 1 is 1.18 bits per heavy atom. The molecule has 1 aliphatic carbocycles. The number of benzene rings is 2. The molecule has 1 heterocycles. The predicted molar refractivity (Wildman–Crippen MR) is 123 cm³/mol. The van der Waals surface area contributed by atoms with Gasteiger partial charge in [-0.05, 0) is 68.5 Å². The van der Waals surface area contributed by atoms with E-state index in [1.54, 1.807) is 0 Å². The second-order valence-corrected chi connectivity index (χ2v) is 8.51. The second-order valence-electron chi connectivity index (χ2n) is 8.51. The van der Waals surface area contributed by atoms with Crippen molar-refractivity contribution in [1.82, 2.24) is 14.9 Å². The Bertz CT molecular complexity index is 1250. The summed E-state index contributed by atoms with van der Waals surface area (Å²) in [5, 5.41) is 5.67. The lowest BCUT2D eigenvalue weighted by Gasteiger charge is -2.32. The highest BCUT2D eigenvalue weighted by Crippen LogP contribution is 2.36. The van der Waals surface area contributed by atoms with Gasteiger partial charge in [0.1, 0.15) is 0 Å². The number of halogens is 3.